The minimum atomic E-state index is 0.361. The van der Waals surface area contributed by atoms with Crippen molar-refractivity contribution in [2.24, 2.45) is 0 Å². The molecule has 21 heavy (non-hydrogen) atoms. The Morgan fingerprint density at radius 2 is 2.14 bits per heavy atom. The van der Waals surface area contributed by atoms with E-state index >= 15 is 0 Å². The Morgan fingerprint density at radius 1 is 1.29 bits per heavy atom. The number of nitrogens with two attached hydrogens (primary N) is 1. The zero-order valence-electron chi connectivity index (χ0n) is 12.3. The fraction of sp³-hybridized carbons (Fsp3) is 0.235. The van der Waals surface area contributed by atoms with Crippen LogP contribution in [0.4, 0.5) is 11.4 Å². The summed E-state index contributed by atoms with van der Waals surface area (Å²) in [5, 5.41) is 10.1. The standard InChI is InChI=1S/C17H19N3S/c1-11-8-14-15(9-19-11)16(18)3-4-17(14)20-12(2)7-13-5-6-21-10-13/h3-6,8-10,12,20H,7,18H2,1-2H3. The Hall–Kier alpha value is -2.07. The lowest BCUT2D eigenvalue weighted by Crippen LogP contribution is -2.18. The molecule has 3 rings (SSSR count). The first-order valence-corrected chi connectivity index (χ1v) is 8.00. The third kappa shape index (κ3) is 3.00. The predicted molar refractivity (Wildman–Crippen MR) is 92.0 cm³/mol. The molecule has 3 nitrogen and oxygen atoms in total. The van der Waals surface area contributed by atoms with Gasteiger partial charge in [0.05, 0.1) is 0 Å². The van der Waals surface area contributed by atoms with Gasteiger partial charge in [0.25, 0.3) is 0 Å². The Morgan fingerprint density at radius 3 is 2.90 bits per heavy atom. The first-order chi connectivity index (χ1) is 10.1. The van der Waals surface area contributed by atoms with Crippen LogP contribution in [-0.2, 0) is 6.42 Å². The van der Waals surface area contributed by atoms with Crippen molar-refractivity contribution in [2.45, 2.75) is 26.3 Å². The summed E-state index contributed by atoms with van der Waals surface area (Å²) in [6.45, 7) is 4.20. The number of benzene rings is 1. The van der Waals surface area contributed by atoms with E-state index in [4.69, 9.17) is 5.73 Å². The van der Waals surface area contributed by atoms with Gasteiger partial charge in [0, 0.05) is 40.1 Å². The summed E-state index contributed by atoms with van der Waals surface area (Å²) in [5.74, 6) is 0. The molecule has 0 spiro atoms. The predicted octanol–water partition coefficient (Wildman–Crippen LogP) is 4.23. The molecule has 0 saturated carbocycles. The van der Waals surface area contributed by atoms with Gasteiger partial charge in [0.15, 0.2) is 0 Å². The number of rotatable bonds is 4. The topological polar surface area (TPSA) is 50.9 Å². The minimum Gasteiger partial charge on any atom is -0.398 e. The van der Waals surface area contributed by atoms with Gasteiger partial charge in [-0.1, -0.05) is 0 Å². The summed E-state index contributed by atoms with van der Waals surface area (Å²) in [5.41, 5.74) is 10.3. The minimum absolute atomic E-state index is 0.361. The fourth-order valence-corrected chi connectivity index (χ4v) is 3.25. The van der Waals surface area contributed by atoms with Crippen LogP contribution in [0.3, 0.4) is 0 Å². The molecule has 2 heterocycles. The second-order valence-electron chi connectivity index (χ2n) is 5.45. The molecule has 0 saturated heterocycles. The summed E-state index contributed by atoms with van der Waals surface area (Å²) >= 11 is 1.74. The highest BCUT2D eigenvalue weighted by Crippen LogP contribution is 2.29. The van der Waals surface area contributed by atoms with E-state index in [9.17, 15) is 0 Å². The van der Waals surface area contributed by atoms with E-state index in [1.807, 2.05) is 19.2 Å². The molecule has 0 aliphatic rings. The molecule has 0 aliphatic carbocycles. The average molecular weight is 297 g/mol. The van der Waals surface area contributed by atoms with Gasteiger partial charge in [-0.3, -0.25) is 4.98 Å². The van der Waals surface area contributed by atoms with Crippen molar-refractivity contribution in [3.63, 3.8) is 0 Å². The Bertz CT molecular complexity index is 750. The van der Waals surface area contributed by atoms with E-state index < -0.39 is 0 Å². The first-order valence-electron chi connectivity index (χ1n) is 7.06. The van der Waals surface area contributed by atoms with E-state index in [2.05, 4.69) is 46.2 Å². The Balaban J connectivity index is 1.89. The van der Waals surface area contributed by atoms with Gasteiger partial charge in [0.1, 0.15) is 0 Å². The molecule has 0 radical (unpaired) electrons. The van der Waals surface area contributed by atoms with Crippen molar-refractivity contribution in [2.75, 3.05) is 11.1 Å². The number of pyridine rings is 1. The van der Waals surface area contributed by atoms with Gasteiger partial charge < -0.3 is 11.1 Å². The van der Waals surface area contributed by atoms with Crippen LogP contribution in [0, 0.1) is 6.92 Å². The number of hydrogen-bond acceptors (Lipinski definition) is 4. The van der Waals surface area contributed by atoms with Gasteiger partial charge >= 0.3 is 0 Å². The van der Waals surface area contributed by atoms with E-state index in [-0.39, 0.29) is 0 Å². The van der Waals surface area contributed by atoms with Gasteiger partial charge in [-0.25, -0.2) is 0 Å². The number of nitrogens with zero attached hydrogens (tertiary/aromatic N) is 1. The first kappa shape index (κ1) is 13.9. The molecule has 3 N–H and O–H groups in total. The quantitative estimate of drug-likeness (QED) is 0.709. The molecule has 0 bridgehead atoms. The highest BCUT2D eigenvalue weighted by Gasteiger charge is 2.09. The maximum Gasteiger partial charge on any atom is 0.0424 e. The number of thiophene rings is 1. The highest BCUT2D eigenvalue weighted by molar-refractivity contribution is 7.07. The van der Waals surface area contributed by atoms with Crippen LogP contribution < -0.4 is 11.1 Å². The van der Waals surface area contributed by atoms with E-state index in [1.54, 1.807) is 11.3 Å². The molecular formula is C17H19N3S. The second-order valence-corrected chi connectivity index (χ2v) is 6.23. The second kappa shape index (κ2) is 5.74. The van der Waals surface area contributed by atoms with E-state index in [1.165, 1.54) is 5.56 Å². The number of nitrogen functional groups attached to an aromatic ring is 1. The molecule has 4 heteroatoms. The molecule has 0 fully saturated rings. The zero-order valence-corrected chi connectivity index (χ0v) is 13.1. The normalized spacial score (nSPS) is 12.5. The van der Waals surface area contributed by atoms with Gasteiger partial charge in [0.2, 0.25) is 0 Å². The lowest BCUT2D eigenvalue weighted by atomic mass is 10.1. The summed E-state index contributed by atoms with van der Waals surface area (Å²) < 4.78 is 0. The van der Waals surface area contributed by atoms with E-state index in [0.29, 0.717) is 6.04 Å². The zero-order chi connectivity index (χ0) is 14.8. The van der Waals surface area contributed by atoms with Crippen molar-refractivity contribution in [3.8, 4) is 0 Å². The summed E-state index contributed by atoms with van der Waals surface area (Å²) in [4.78, 5) is 4.34. The average Bonchev–Trinajstić information content (AvgIpc) is 2.95. The van der Waals surface area contributed by atoms with Crippen molar-refractivity contribution >= 4 is 33.5 Å². The van der Waals surface area contributed by atoms with Crippen LogP contribution in [0.2, 0.25) is 0 Å². The molecule has 1 aromatic carbocycles. The van der Waals surface area contributed by atoms with Crippen LogP contribution >= 0.6 is 11.3 Å². The lowest BCUT2D eigenvalue weighted by Gasteiger charge is -2.17. The number of fused-ring (bicyclic) bond motifs is 1. The van der Waals surface area contributed by atoms with Crippen LogP contribution in [0.15, 0.2) is 41.2 Å². The van der Waals surface area contributed by atoms with Crippen molar-refractivity contribution < 1.29 is 0 Å². The number of anilines is 2. The number of nitrogens with one attached hydrogen (secondary N) is 1. The number of aryl methyl sites for hydroxylation is 1. The summed E-state index contributed by atoms with van der Waals surface area (Å²) in [7, 11) is 0. The molecule has 1 atom stereocenters. The molecule has 3 aromatic rings. The third-order valence-electron chi connectivity index (χ3n) is 3.60. The summed E-state index contributed by atoms with van der Waals surface area (Å²) in [6, 6.07) is 8.63. The van der Waals surface area contributed by atoms with Gasteiger partial charge in [-0.15, -0.1) is 0 Å². The van der Waals surface area contributed by atoms with Crippen molar-refractivity contribution in [1.82, 2.24) is 4.98 Å². The third-order valence-corrected chi connectivity index (χ3v) is 4.33. The maximum atomic E-state index is 6.05. The number of aromatic nitrogens is 1. The lowest BCUT2D eigenvalue weighted by molar-refractivity contribution is 0.794. The Labute approximate surface area is 128 Å². The summed E-state index contributed by atoms with van der Waals surface area (Å²) in [6.07, 6.45) is 2.87. The van der Waals surface area contributed by atoms with Crippen LogP contribution in [0.25, 0.3) is 10.8 Å². The SMILES string of the molecule is Cc1cc2c(NC(C)Cc3ccsc3)ccc(N)c2cn1. The van der Waals surface area contributed by atoms with Crippen LogP contribution in [0.1, 0.15) is 18.2 Å². The molecule has 0 amide bonds. The molecule has 108 valence electrons. The molecule has 0 aliphatic heterocycles. The van der Waals surface area contributed by atoms with E-state index in [0.717, 1.165) is 34.3 Å². The molecule has 1 unspecified atom stereocenters. The van der Waals surface area contributed by atoms with Crippen LogP contribution in [0.5, 0.6) is 0 Å². The van der Waals surface area contributed by atoms with Crippen molar-refractivity contribution in [1.29, 1.82) is 0 Å². The van der Waals surface area contributed by atoms with Gasteiger partial charge in [-0.2, -0.15) is 11.3 Å². The maximum absolute atomic E-state index is 6.05. The number of hydrogen-bond donors (Lipinski definition) is 2. The molecular weight excluding hydrogens is 278 g/mol. The fourth-order valence-electron chi connectivity index (χ4n) is 2.57. The smallest absolute Gasteiger partial charge is 0.0424 e. The van der Waals surface area contributed by atoms with Crippen molar-refractivity contribution in [3.05, 3.63) is 52.5 Å². The largest absolute Gasteiger partial charge is 0.398 e. The van der Waals surface area contributed by atoms with Crippen LogP contribution in [-0.4, -0.2) is 11.0 Å². The van der Waals surface area contributed by atoms with Gasteiger partial charge in [-0.05, 0) is 60.9 Å². The highest BCUT2D eigenvalue weighted by atomic mass is 32.1. The monoisotopic (exact) mass is 297 g/mol. The Kier molecular flexibility index (Phi) is 3.80. The molecule has 2 aromatic heterocycles.